The average molecular weight is 353 g/mol. The fourth-order valence-corrected chi connectivity index (χ4v) is 3.13. The van der Waals surface area contributed by atoms with Gasteiger partial charge in [0.05, 0.1) is 31.9 Å². The molecule has 1 atom stereocenters. The molecule has 0 amide bonds. The van der Waals surface area contributed by atoms with Gasteiger partial charge in [-0.2, -0.15) is 4.98 Å². The van der Waals surface area contributed by atoms with Crippen LogP contribution < -0.4 is 4.90 Å². The summed E-state index contributed by atoms with van der Waals surface area (Å²) in [6.07, 6.45) is 0. The second-order valence-electron chi connectivity index (χ2n) is 6.94. The number of methoxy groups -OCH3 is 1. The molecule has 24 heavy (non-hydrogen) atoms. The third kappa shape index (κ3) is 3.08. The van der Waals surface area contributed by atoms with Gasteiger partial charge in [0.25, 0.3) is 6.01 Å². The number of carbonyl (C=O) groups is 1. The zero-order valence-electron chi connectivity index (χ0n) is 14.3. The number of hydrogen-bond donors (Lipinski definition) is 0. The van der Waals surface area contributed by atoms with Gasteiger partial charge >= 0.3 is 5.97 Å². The number of ether oxygens (including phenoxy) is 2. The van der Waals surface area contributed by atoms with Crippen molar-refractivity contribution >= 4 is 34.7 Å². The average Bonchev–Trinajstić information content (AvgIpc) is 2.96. The molecule has 0 saturated carbocycles. The second kappa shape index (κ2) is 6.26. The van der Waals surface area contributed by atoms with Crippen molar-refractivity contribution in [2.24, 2.45) is 5.41 Å². The van der Waals surface area contributed by atoms with Gasteiger partial charge in [0, 0.05) is 17.6 Å². The Balaban J connectivity index is 2.08. The lowest BCUT2D eigenvalue weighted by molar-refractivity contribution is 0.0560. The molecule has 1 aliphatic rings. The Morgan fingerprint density at radius 1 is 1.42 bits per heavy atom. The molecule has 1 aromatic heterocycles. The number of rotatable bonds is 2. The molecule has 1 unspecified atom stereocenters. The van der Waals surface area contributed by atoms with Crippen molar-refractivity contribution in [2.75, 3.05) is 31.8 Å². The zero-order chi connectivity index (χ0) is 17.5. The van der Waals surface area contributed by atoms with Crippen LogP contribution in [0.15, 0.2) is 16.5 Å². The van der Waals surface area contributed by atoms with Crippen molar-refractivity contribution in [3.63, 3.8) is 0 Å². The van der Waals surface area contributed by atoms with Crippen LogP contribution in [0.25, 0.3) is 11.1 Å². The number of esters is 1. The Morgan fingerprint density at radius 2 is 2.17 bits per heavy atom. The van der Waals surface area contributed by atoms with E-state index in [0.29, 0.717) is 47.5 Å². The lowest BCUT2D eigenvalue weighted by Gasteiger charge is -2.42. The van der Waals surface area contributed by atoms with Gasteiger partial charge in [0.15, 0.2) is 5.58 Å². The Kier molecular flexibility index (Phi) is 4.44. The summed E-state index contributed by atoms with van der Waals surface area (Å²) in [5, 5.41) is 0.403. The van der Waals surface area contributed by atoms with E-state index < -0.39 is 5.97 Å². The van der Waals surface area contributed by atoms with E-state index in [-0.39, 0.29) is 11.5 Å². The molecule has 1 saturated heterocycles. The highest BCUT2D eigenvalue weighted by atomic mass is 35.5. The molecule has 1 aliphatic heterocycles. The second-order valence-corrected chi connectivity index (χ2v) is 7.37. The van der Waals surface area contributed by atoms with Gasteiger partial charge in [-0.25, -0.2) is 4.79 Å². The predicted molar refractivity (Wildman–Crippen MR) is 91.8 cm³/mol. The largest absolute Gasteiger partial charge is 0.465 e. The summed E-state index contributed by atoms with van der Waals surface area (Å²) in [6.45, 7) is 8.34. The molecule has 0 N–H and O–H groups in total. The van der Waals surface area contributed by atoms with E-state index in [9.17, 15) is 4.79 Å². The first-order valence-corrected chi connectivity index (χ1v) is 8.22. The Bertz CT molecular complexity index is 766. The predicted octanol–water partition coefficient (Wildman–Crippen LogP) is 3.52. The number of fused-ring (bicyclic) bond motifs is 1. The third-order valence-electron chi connectivity index (χ3n) is 4.23. The van der Waals surface area contributed by atoms with E-state index in [1.165, 1.54) is 7.11 Å². The number of hydrogen-bond acceptors (Lipinski definition) is 6. The van der Waals surface area contributed by atoms with E-state index in [4.69, 9.17) is 25.5 Å². The van der Waals surface area contributed by atoms with Crippen molar-refractivity contribution in [1.29, 1.82) is 0 Å². The summed E-state index contributed by atoms with van der Waals surface area (Å²) in [4.78, 5) is 18.6. The summed E-state index contributed by atoms with van der Waals surface area (Å²) >= 11 is 6.09. The molecule has 0 aliphatic carbocycles. The van der Waals surface area contributed by atoms with Crippen LogP contribution in [0.1, 0.15) is 31.1 Å². The van der Waals surface area contributed by atoms with Gasteiger partial charge in [-0.1, -0.05) is 32.4 Å². The van der Waals surface area contributed by atoms with Gasteiger partial charge in [-0.05, 0) is 11.5 Å². The third-order valence-corrected chi connectivity index (χ3v) is 4.45. The molecule has 1 aromatic carbocycles. The Morgan fingerprint density at radius 3 is 2.83 bits per heavy atom. The molecule has 0 bridgehead atoms. The first-order valence-electron chi connectivity index (χ1n) is 7.84. The molecule has 130 valence electrons. The number of benzene rings is 1. The van der Waals surface area contributed by atoms with Crippen LogP contribution in [-0.4, -0.2) is 43.9 Å². The number of anilines is 1. The van der Waals surface area contributed by atoms with Crippen LogP contribution in [0.4, 0.5) is 6.01 Å². The molecule has 1 fully saturated rings. The SMILES string of the molecule is COC(=O)c1cc(Cl)cc2oc(N3CCOCC3C(C)(C)C)nc12. The van der Waals surface area contributed by atoms with Gasteiger partial charge in [0.1, 0.15) is 5.52 Å². The highest BCUT2D eigenvalue weighted by Crippen LogP contribution is 2.34. The monoisotopic (exact) mass is 352 g/mol. The first kappa shape index (κ1) is 17.0. The minimum Gasteiger partial charge on any atom is -0.465 e. The van der Waals surface area contributed by atoms with Crippen molar-refractivity contribution < 1.29 is 18.7 Å². The minimum atomic E-state index is -0.489. The van der Waals surface area contributed by atoms with Crippen LogP contribution in [-0.2, 0) is 9.47 Å². The summed E-state index contributed by atoms with van der Waals surface area (Å²) in [7, 11) is 1.33. The van der Waals surface area contributed by atoms with Crippen molar-refractivity contribution in [3.8, 4) is 0 Å². The van der Waals surface area contributed by atoms with E-state index in [1.54, 1.807) is 12.1 Å². The lowest BCUT2D eigenvalue weighted by Crippen LogP contribution is -2.52. The number of halogens is 1. The van der Waals surface area contributed by atoms with E-state index in [2.05, 4.69) is 30.7 Å². The molecule has 7 heteroatoms. The number of morpholine rings is 1. The quantitative estimate of drug-likeness (QED) is 0.770. The van der Waals surface area contributed by atoms with Gasteiger partial charge in [0.2, 0.25) is 0 Å². The zero-order valence-corrected chi connectivity index (χ0v) is 15.0. The molecule has 0 radical (unpaired) electrons. The maximum atomic E-state index is 12.0. The molecule has 3 rings (SSSR count). The smallest absolute Gasteiger partial charge is 0.340 e. The summed E-state index contributed by atoms with van der Waals surface area (Å²) in [6, 6.07) is 3.80. The van der Waals surface area contributed by atoms with E-state index in [1.807, 2.05) is 0 Å². The topological polar surface area (TPSA) is 64.8 Å². The lowest BCUT2D eigenvalue weighted by atomic mass is 9.85. The normalized spacial score (nSPS) is 18.9. The fourth-order valence-electron chi connectivity index (χ4n) is 2.92. The summed E-state index contributed by atoms with van der Waals surface area (Å²) < 4.78 is 16.4. The molecule has 2 heterocycles. The molecule has 0 spiro atoms. The van der Waals surface area contributed by atoms with Crippen LogP contribution in [0.3, 0.4) is 0 Å². The van der Waals surface area contributed by atoms with Crippen LogP contribution in [0, 0.1) is 5.41 Å². The van der Waals surface area contributed by atoms with E-state index >= 15 is 0 Å². The van der Waals surface area contributed by atoms with Crippen molar-refractivity contribution in [1.82, 2.24) is 4.98 Å². The van der Waals surface area contributed by atoms with Crippen LogP contribution >= 0.6 is 11.6 Å². The standard InChI is InChI=1S/C17H21ClN2O4/c1-17(2,3)13-9-23-6-5-20(13)16-19-14-11(15(21)22-4)7-10(18)8-12(14)24-16/h7-8,13H,5-6,9H2,1-4H3. The van der Waals surface area contributed by atoms with Crippen molar-refractivity contribution in [3.05, 3.63) is 22.7 Å². The summed E-state index contributed by atoms with van der Waals surface area (Å²) in [5.74, 6) is -0.489. The Labute approximate surface area is 145 Å². The fraction of sp³-hybridized carbons (Fsp3) is 0.529. The number of oxazole rings is 1. The van der Waals surface area contributed by atoms with Gasteiger partial charge in [-0.15, -0.1) is 0 Å². The first-order chi connectivity index (χ1) is 11.3. The number of carbonyl (C=O) groups excluding carboxylic acids is 1. The summed E-state index contributed by atoms with van der Waals surface area (Å²) in [5.41, 5.74) is 1.22. The van der Waals surface area contributed by atoms with Gasteiger partial charge in [-0.3, -0.25) is 0 Å². The minimum absolute atomic E-state index is 0.0100. The Hall–Kier alpha value is -1.79. The highest BCUT2D eigenvalue weighted by molar-refractivity contribution is 6.31. The molecule has 6 nitrogen and oxygen atoms in total. The number of aromatic nitrogens is 1. The number of nitrogens with zero attached hydrogens (tertiary/aromatic N) is 2. The van der Waals surface area contributed by atoms with Gasteiger partial charge < -0.3 is 18.8 Å². The molecular weight excluding hydrogens is 332 g/mol. The van der Waals surface area contributed by atoms with E-state index in [0.717, 1.165) is 0 Å². The molecular formula is C17H21ClN2O4. The van der Waals surface area contributed by atoms with Crippen LogP contribution in [0.2, 0.25) is 5.02 Å². The maximum Gasteiger partial charge on any atom is 0.340 e. The van der Waals surface area contributed by atoms with Crippen molar-refractivity contribution in [2.45, 2.75) is 26.8 Å². The van der Waals surface area contributed by atoms with Crippen LogP contribution in [0.5, 0.6) is 0 Å². The molecule has 2 aromatic rings. The highest BCUT2D eigenvalue weighted by Gasteiger charge is 2.36. The maximum absolute atomic E-state index is 12.0.